The molecule has 3 aromatic rings. The van der Waals surface area contributed by atoms with Crippen molar-refractivity contribution in [3.8, 4) is 5.82 Å². The number of hydrogen-bond donors (Lipinski definition) is 2. The summed E-state index contributed by atoms with van der Waals surface area (Å²) in [5.41, 5.74) is 4.61. The van der Waals surface area contributed by atoms with Crippen molar-refractivity contribution in [2.75, 3.05) is 6.54 Å². The Kier molecular flexibility index (Phi) is 4.12. The number of aryl methyl sites for hydroxylation is 2. The van der Waals surface area contributed by atoms with E-state index in [0.29, 0.717) is 17.9 Å². The minimum atomic E-state index is -0.103. The van der Waals surface area contributed by atoms with Crippen molar-refractivity contribution in [1.29, 1.82) is 0 Å². The second-order valence-corrected chi connectivity index (χ2v) is 6.62. The number of nitrogens with zero attached hydrogens (tertiary/aromatic N) is 4. The van der Waals surface area contributed by atoms with Gasteiger partial charge in [-0.3, -0.25) is 14.0 Å². The Labute approximate surface area is 151 Å². The molecule has 26 heavy (non-hydrogen) atoms. The number of amides is 1. The van der Waals surface area contributed by atoms with E-state index in [0.717, 1.165) is 48.0 Å². The van der Waals surface area contributed by atoms with Crippen molar-refractivity contribution < 1.29 is 9.32 Å². The number of nitrogens with one attached hydrogen (secondary N) is 2. The predicted octanol–water partition coefficient (Wildman–Crippen LogP) is 1.62. The first kappa shape index (κ1) is 16.6. The maximum atomic E-state index is 12.7. The molecule has 1 aliphatic rings. The van der Waals surface area contributed by atoms with Gasteiger partial charge in [-0.05, 0) is 26.8 Å². The lowest BCUT2D eigenvalue weighted by Crippen LogP contribution is -2.30. The van der Waals surface area contributed by atoms with E-state index in [2.05, 4.69) is 20.9 Å². The van der Waals surface area contributed by atoms with Gasteiger partial charge in [-0.25, -0.2) is 0 Å². The summed E-state index contributed by atoms with van der Waals surface area (Å²) >= 11 is 0. The third-order valence-electron chi connectivity index (χ3n) is 4.79. The molecule has 0 fully saturated rings. The Morgan fingerprint density at radius 1 is 1.35 bits per heavy atom. The number of fused-ring (bicyclic) bond motifs is 1. The predicted molar refractivity (Wildman–Crippen MR) is 95.1 cm³/mol. The molecule has 0 saturated heterocycles. The molecule has 0 spiro atoms. The summed E-state index contributed by atoms with van der Waals surface area (Å²) in [7, 11) is 0. The van der Waals surface area contributed by atoms with Gasteiger partial charge in [-0.15, -0.1) is 0 Å². The van der Waals surface area contributed by atoms with E-state index >= 15 is 0 Å². The van der Waals surface area contributed by atoms with Gasteiger partial charge in [0, 0.05) is 42.7 Å². The van der Waals surface area contributed by atoms with E-state index in [1.165, 1.54) is 0 Å². The molecule has 136 valence electrons. The molecule has 0 unspecified atom stereocenters. The molecule has 3 aromatic heterocycles. The molecule has 8 heteroatoms. The van der Waals surface area contributed by atoms with E-state index in [9.17, 15) is 4.79 Å². The molecule has 4 heterocycles. The van der Waals surface area contributed by atoms with E-state index in [1.807, 2.05) is 48.3 Å². The highest BCUT2D eigenvalue weighted by Crippen LogP contribution is 2.21. The molecule has 1 aliphatic heterocycles. The number of carbonyl (C=O) groups excluding carboxylic acids is 1. The maximum Gasteiger partial charge on any atom is 0.253 e. The average Bonchev–Trinajstić information content (AvgIpc) is 3.30. The molecule has 0 atom stereocenters. The molecule has 0 saturated carbocycles. The Hall–Kier alpha value is -2.87. The van der Waals surface area contributed by atoms with Gasteiger partial charge in [0.15, 0.2) is 5.82 Å². The summed E-state index contributed by atoms with van der Waals surface area (Å²) < 4.78 is 9.09. The van der Waals surface area contributed by atoms with Crippen LogP contribution in [-0.4, -0.2) is 32.0 Å². The van der Waals surface area contributed by atoms with Crippen LogP contribution in [0.2, 0.25) is 0 Å². The lowest BCUT2D eigenvalue weighted by molar-refractivity contribution is 0.0950. The number of aromatic nitrogens is 4. The Bertz CT molecular complexity index is 965. The van der Waals surface area contributed by atoms with E-state index in [4.69, 9.17) is 4.52 Å². The Morgan fingerprint density at radius 3 is 2.96 bits per heavy atom. The SMILES string of the molecule is Cc1cc(-n2c(C)cc(C(=O)NCc3cnn4c3CNCC4)c2C)no1. The van der Waals surface area contributed by atoms with Gasteiger partial charge >= 0.3 is 0 Å². The van der Waals surface area contributed by atoms with Crippen LogP contribution in [-0.2, 0) is 19.6 Å². The summed E-state index contributed by atoms with van der Waals surface area (Å²) in [6.45, 7) is 8.74. The summed E-state index contributed by atoms with van der Waals surface area (Å²) in [6.07, 6.45) is 1.84. The van der Waals surface area contributed by atoms with Crippen LogP contribution < -0.4 is 10.6 Å². The van der Waals surface area contributed by atoms with Crippen LogP contribution in [0, 0.1) is 20.8 Å². The van der Waals surface area contributed by atoms with E-state index < -0.39 is 0 Å². The van der Waals surface area contributed by atoms with Crippen LogP contribution in [0.1, 0.15) is 38.8 Å². The average molecular weight is 354 g/mol. The highest BCUT2D eigenvalue weighted by atomic mass is 16.5. The maximum absolute atomic E-state index is 12.7. The van der Waals surface area contributed by atoms with Crippen LogP contribution >= 0.6 is 0 Å². The van der Waals surface area contributed by atoms with E-state index in [-0.39, 0.29) is 5.91 Å². The number of carbonyl (C=O) groups is 1. The largest absolute Gasteiger partial charge is 0.360 e. The lowest BCUT2D eigenvalue weighted by Gasteiger charge is -2.16. The fourth-order valence-electron chi connectivity index (χ4n) is 3.46. The molecule has 8 nitrogen and oxygen atoms in total. The third-order valence-corrected chi connectivity index (χ3v) is 4.79. The van der Waals surface area contributed by atoms with Crippen molar-refractivity contribution in [3.63, 3.8) is 0 Å². The van der Waals surface area contributed by atoms with Crippen LogP contribution in [0.5, 0.6) is 0 Å². The van der Waals surface area contributed by atoms with Crippen LogP contribution in [0.25, 0.3) is 5.82 Å². The third kappa shape index (κ3) is 2.82. The fraction of sp³-hybridized carbons (Fsp3) is 0.389. The van der Waals surface area contributed by atoms with Crippen LogP contribution in [0.3, 0.4) is 0 Å². The second-order valence-electron chi connectivity index (χ2n) is 6.62. The molecule has 0 radical (unpaired) electrons. The molecular weight excluding hydrogens is 332 g/mol. The summed E-state index contributed by atoms with van der Waals surface area (Å²) in [5.74, 6) is 1.32. The molecule has 0 aliphatic carbocycles. The van der Waals surface area contributed by atoms with E-state index in [1.54, 1.807) is 0 Å². The van der Waals surface area contributed by atoms with Crippen LogP contribution in [0.15, 0.2) is 22.9 Å². The molecule has 0 aromatic carbocycles. The van der Waals surface area contributed by atoms with Crippen molar-refractivity contribution in [1.82, 2.24) is 30.1 Å². The Morgan fingerprint density at radius 2 is 2.19 bits per heavy atom. The fourth-order valence-corrected chi connectivity index (χ4v) is 3.46. The minimum absolute atomic E-state index is 0.103. The normalized spacial score (nSPS) is 13.7. The molecule has 4 rings (SSSR count). The molecule has 2 N–H and O–H groups in total. The zero-order valence-electron chi connectivity index (χ0n) is 15.2. The quantitative estimate of drug-likeness (QED) is 0.743. The summed E-state index contributed by atoms with van der Waals surface area (Å²) in [4.78, 5) is 12.7. The van der Waals surface area contributed by atoms with Crippen molar-refractivity contribution in [2.45, 2.75) is 40.4 Å². The number of hydrogen-bond acceptors (Lipinski definition) is 5. The van der Waals surface area contributed by atoms with Gasteiger partial charge < -0.3 is 15.2 Å². The van der Waals surface area contributed by atoms with Crippen molar-refractivity contribution in [3.05, 3.63) is 52.3 Å². The first-order valence-corrected chi connectivity index (χ1v) is 8.69. The molecular formula is C18H22N6O2. The van der Waals surface area contributed by atoms with Crippen molar-refractivity contribution in [2.24, 2.45) is 0 Å². The molecule has 1 amide bonds. The molecule has 0 bridgehead atoms. The first-order valence-electron chi connectivity index (χ1n) is 8.69. The van der Waals surface area contributed by atoms with Gasteiger partial charge in [0.05, 0.1) is 24.0 Å². The number of rotatable bonds is 4. The highest BCUT2D eigenvalue weighted by molar-refractivity contribution is 5.95. The highest BCUT2D eigenvalue weighted by Gasteiger charge is 2.19. The first-order chi connectivity index (χ1) is 12.5. The van der Waals surface area contributed by atoms with Crippen molar-refractivity contribution >= 4 is 5.91 Å². The van der Waals surface area contributed by atoms with Crippen LogP contribution in [0.4, 0.5) is 0 Å². The van der Waals surface area contributed by atoms with Gasteiger partial charge in [-0.2, -0.15) is 5.10 Å². The smallest absolute Gasteiger partial charge is 0.253 e. The lowest BCUT2D eigenvalue weighted by atomic mass is 10.2. The topological polar surface area (TPSA) is 89.9 Å². The zero-order valence-corrected chi connectivity index (χ0v) is 15.2. The zero-order chi connectivity index (χ0) is 18.3. The second kappa shape index (κ2) is 6.45. The van der Waals surface area contributed by atoms with Gasteiger partial charge in [0.1, 0.15) is 5.76 Å². The minimum Gasteiger partial charge on any atom is -0.360 e. The Balaban J connectivity index is 1.53. The summed E-state index contributed by atoms with van der Waals surface area (Å²) in [6, 6.07) is 3.73. The van der Waals surface area contributed by atoms with Gasteiger partial charge in [0.2, 0.25) is 0 Å². The van der Waals surface area contributed by atoms with Gasteiger partial charge in [-0.1, -0.05) is 5.16 Å². The monoisotopic (exact) mass is 354 g/mol. The standard InChI is InChI=1S/C18H22N6O2/c1-11-6-15(13(3)24(11)17-7-12(2)26-22-17)18(25)20-8-14-9-21-23-5-4-19-10-16(14)23/h6-7,9,19H,4-5,8,10H2,1-3H3,(H,20,25). The van der Waals surface area contributed by atoms with Gasteiger partial charge in [0.25, 0.3) is 5.91 Å². The summed E-state index contributed by atoms with van der Waals surface area (Å²) in [5, 5.41) is 14.8.